The van der Waals surface area contributed by atoms with Gasteiger partial charge in [0.15, 0.2) is 5.92 Å². The van der Waals surface area contributed by atoms with Gasteiger partial charge in [-0.15, -0.1) is 11.3 Å². The zero-order valence-corrected chi connectivity index (χ0v) is 12.9. The Bertz CT molecular complexity index is 751. The summed E-state index contributed by atoms with van der Waals surface area (Å²) in [6, 6.07) is 7.55. The molecule has 20 heavy (non-hydrogen) atoms. The standard InChI is InChI=1S/C14H10BrNO3S/c1-18-14(17)12(13-16-4-5-20-13)11-7-8-6-9(15)2-3-10(8)19-11/h2-7,12H,1H3. The maximum Gasteiger partial charge on any atom is 0.323 e. The lowest BCUT2D eigenvalue weighted by Crippen LogP contribution is -2.14. The number of furan rings is 1. The smallest absolute Gasteiger partial charge is 0.323 e. The van der Waals surface area contributed by atoms with Gasteiger partial charge >= 0.3 is 5.97 Å². The molecule has 2 aromatic heterocycles. The van der Waals surface area contributed by atoms with E-state index in [4.69, 9.17) is 9.15 Å². The first-order valence-electron chi connectivity index (χ1n) is 5.85. The number of nitrogens with zero attached hydrogens (tertiary/aromatic N) is 1. The lowest BCUT2D eigenvalue weighted by molar-refractivity contribution is -0.141. The molecule has 3 aromatic rings. The fraction of sp³-hybridized carbons (Fsp3) is 0.143. The quantitative estimate of drug-likeness (QED) is 0.670. The van der Waals surface area contributed by atoms with Gasteiger partial charge in [-0.2, -0.15) is 0 Å². The summed E-state index contributed by atoms with van der Waals surface area (Å²) in [6.07, 6.45) is 1.66. The molecule has 1 atom stereocenters. The molecule has 0 amide bonds. The van der Waals surface area contributed by atoms with Crippen molar-refractivity contribution in [2.24, 2.45) is 0 Å². The Labute approximate surface area is 127 Å². The molecule has 0 saturated carbocycles. The highest BCUT2D eigenvalue weighted by Gasteiger charge is 2.29. The Balaban J connectivity index is 2.11. The molecule has 6 heteroatoms. The molecule has 2 heterocycles. The summed E-state index contributed by atoms with van der Waals surface area (Å²) in [4.78, 5) is 16.2. The second-order valence-corrected chi connectivity index (χ2v) is 6.00. The highest BCUT2D eigenvalue weighted by Crippen LogP contribution is 2.32. The number of esters is 1. The maximum atomic E-state index is 12.0. The fourth-order valence-corrected chi connectivity index (χ4v) is 3.12. The molecule has 0 fully saturated rings. The summed E-state index contributed by atoms with van der Waals surface area (Å²) < 4.78 is 11.6. The Morgan fingerprint density at radius 2 is 2.30 bits per heavy atom. The van der Waals surface area contributed by atoms with E-state index in [2.05, 4.69) is 20.9 Å². The molecule has 1 unspecified atom stereocenters. The number of ether oxygens (including phenoxy) is 1. The predicted molar refractivity (Wildman–Crippen MR) is 79.9 cm³/mol. The van der Waals surface area contributed by atoms with Crippen molar-refractivity contribution in [1.29, 1.82) is 0 Å². The minimum atomic E-state index is -0.619. The Hall–Kier alpha value is -1.66. The van der Waals surface area contributed by atoms with Crippen molar-refractivity contribution in [2.45, 2.75) is 5.92 Å². The molecule has 1 aromatic carbocycles. The lowest BCUT2D eigenvalue weighted by atomic mass is 10.1. The van der Waals surface area contributed by atoms with Gasteiger partial charge in [-0.3, -0.25) is 4.79 Å². The summed E-state index contributed by atoms with van der Waals surface area (Å²) in [5.41, 5.74) is 0.730. The molecule has 3 rings (SSSR count). The van der Waals surface area contributed by atoms with Gasteiger partial charge in [0.2, 0.25) is 0 Å². The van der Waals surface area contributed by atoms with Crippen LogP contribution in [0.1, 0.15) is 16.7 Å². The number of thiazole rings is 1. The van der Waals surface area contributed by atoms with Gasteiger partial charge in [-0.1, -0.05) is 15.9 Å². The van der Waals surface area contributed by atoms with Crippen molar-refractivity contribution in [3.63, 3.8) is 0 Å². The zero-order valence-electron chi connectivity index (χ0n) is 10.5. The fourth-order valence-electron chi connectivity index (χ4n) is 2.01. The van der Waals surface area contributed by atoms with Gasteiger partial charge in [0.1, 0.15) is 16.4 Å². The van der Waals surface area contributed by atoms with E-state index < -0.39 is 5.92 Å². The van der Waals surface area contributed by atoms with Gasteiger partial charge in [0, 0.05) is 21.4 Å². The molecule has 0 spiro atoms. The first kappa shape index (κ1) is 13.3. The van der Waals surface area contributed by atoms with E-state index in [1.807, 2.05) is 29.6 Å². The average Bonchev–Trinajstić information content (AvgIpc) is 3.07. The number of fused-ring (bicyclic) bond motifs is 1. The highest BCUT2D eigenvalue weighted by molar-refractivity contribution is 9.10. The third kappa shape index (κ3) is 2.36. The third-order valence-corrected chi connectivity index (χ3v) is 4.25. The summed E-state index contributed by atoms with van der Waals surface area (Å²) >= 11 is 4.82. The second-order valence-electron chi connectivity index (χ2n) is 4.16. The lowest BCUT2D eigenvalue weighted by Gasteiger charge is -2.08. The average molecular weight is 352 g/mol. The summed E-state index contributed by atoms with van der Waals surface area (Å²) in [6.45, 7) is 0. The largest absolute Gasteiger partial charge is 0.468 e. The van der Waals surface area contributed by atoms with E-state index in [1.165, 1.54) is 18.4 Å². The molecule has 0 saturated heterocycles. The molecule has 102 valence electrons. The van der Waals surface area contributed by atoms with Crippen LogP contribution in [0, 0.1) is 0 Å². The van der Waals surface area contributed by atoms with Crippen molar-refractivity contribution in [3.05, 3.63) is 51.1 Å². The minimum absolute atomic E-state index is 0.377. The molecule has 0 aliphatic heterocycles. The maximum absolute atomic E-state index is 12.0. The van der Waals surface area contributed by atoms with Crippen LogP contribution >= 0.6 is 27.3 Å². The number of methoxy groups -OCH3 is 1. The number of halogens is 1. The van der Waals surface area contributed by atoms with Gasteiger partial charge in [0.05, 0.1) is 7.11 Å². The van der Waals surface area contributed by atoms with Crippen molar-refractivity contribution in [2.75, 3.05) is 7.11 Å². The van der Waals surface area contributed by atoms with Crippen LogP contribution in [-0.2, 0) is 9.53 Å². The van der Waals surface area contributed by atoms with Crippen molar-refractivity contribution < 1.29 is 13.9 Å². The number of benzene rings is 1. The number of hydrogen-bond acceptors (Lipinski definition) is 5. The number of aromatic nitrogens is 1. The first-order valence-corrected chi connectivity index (χ1v) is 7.52. The molecule has 0 bridgehead atoms. The van der Waals surface area contributed by atoms with E-state index in [1.54, 1.807) is 6.20 Å². The van der Waals surface area contributed by atoms with Gasteiger partial charge in [0.25, 0.3) is 0 Å². The molecular weight excluding hydrogens is 342 g/mol. The van der Waals surface area contributed by atoms with E-state index >= 15 is 0 Å². The topological polar surface area (TPSA) is 52.3 Å². The number of carbonyl (C=O) groups excluding carboxylic acids is 1. The summed E-state index contributed by atoms with van der Waals surface area (Å²) in [5, 5.41) is 3.42. The van der Waals surface area contributed by atoms with Gasteiger partial charge in [-0.25, -0.2) is 4.98 Å². The molecule has 0 radical (unpaired) electrons. The van der Waals surface area contributed by atoms with Crippen LogP contribution in [0.25, 0.3) is 11.0 Å². The van der Waals surface area contributed by atoms with Gasteiger partial charge < -0.3 is 9.15 Å². The summed E-state index contributed by atoms with van der Waals surface area (Å²) in [5.74, 6) is -0.454. The number of hydrogen-bond donors (Lipinski definition) is 0. The molecule has 0 aliphatic carbocycles. The predicted octanol–water partition coefficient (Wildman–Crippen LogP) is 3.96. The van der Waals surface area contributed by atoms with Crippen molar-refractivity contribution >= 4 is 44.2 Å². The highest BCUT2D eigenvalue weighted by atomic mass is 79.9. The molecule has 0 N–H and O–H groups in total. The van der Waals surface area contributed by atoms with Crippen molar-refractivity contribution in [1.82, 2.24) is 4.98 Å². The van der Waals surface area contributed by atoms with Crippen LogP contribution < -0.4 is 0 Å². The minimum Gasteiger partial charge on any atom is -0.468 e. The first-order chi connectivity index (χ1) is 9.69. The van der Waals surface area contributed by atoms with E-state index in [9.17, 15) is 4.79 Å². The van der Waals surface area contributed by atoms with Crippen LogP contribution in [-0.4, -0.2) is 18.1 Å². The van der Waals surface area contributed by atoms with Crippen molar-refractivity contribution in [3.8, 4) is 0 Å². The number of rotatable bonds is 3. The zero-order chi connectivity index (χ0) is 14.1. The second kappa shape index (κ2) is 5.38. The Morgan fingerprint density at radius 3 is 3.00 bits per heavy atom. The molecular formula is C14H10BrNO3S. The molecule has 4 nitrogen and oxygen atoms in total. The van der Waals surface area contributed by atoms with Gasteiger partial charge in [-0.05, 0) is 24.3 Å². The van der Waals surface area contributed by atoms with Crippen LogP contribution in [0.4, 0.5) is 0 Å². The Kier molecular flexibility index (Phi) is 3.58. The summed E-state index contributed by atoms with van der Waals surface area (Å²) in [7, 11) is 1.36. The number of carbonyl (C=O) groups is 1. The SMILES string of the molecule is COC(=O)C(c1cc2cc(Br)ccc2o1)c1nccs1. The Morgan fingerprint density at radius 1 is 1.45 bits per heavy atom. The monoisotopic (exact) mass is 351 g/mol. The van der Waals surface area contributed by atoms with Crippen LogP contribution in [0.5, 0.6) is 0 Å². The van der Waals surface area contributed by atoms with E-state index in [0.29, 0.717) is 10.8 Å². The normalized spacial score (nSPS) is 12.5. The van der Waals surface area contributed by atoms with E-state index in [-0.39, 0.29) is 5.97 Å². The van der Waals surface area contributed by atoms with Crippen LogP contribution in [0.3, 0.4) is 0 Å². The van der Waals surface area contributed by atoms with E-state index in [0.717, 1.165) is 15.4 Å². The third-order valence-electron chi connectivity index (χ3n) is 2.92. The van der Waals surface area contributed by atoms with Crippen LogP contribution in [0.15, 0.2) is 44.7 Å². The molecule has 0 aliphatic rings. The van der Waals surface area contributed by atoms with Crippen LogP contribution in [0.2, 0.25) is 0 Å².